The van der Waals surface area contributed by atoms with Gasteiger partial charge in [-0.15, -0.1) is 11.6 Å². The minimum Gasteiger partial charge on any atom is -0.369 e. The number of aryl methyl sites for hydroxylation is 1. The summed E-state index contributed by atoms with van der Waals surface area (Å²) in [6.45, 7) is 5.97. The van der Waals surface area contributed by atoms with Crippen molar-refractivity contribution in [2.24, 2.45) is 0 Å². The van der Waals surface area contributed by atoms with Crippen LogP contribution in [-0.4, -0.2) is 22.3 Å². The zero-order chi connectivity index (χ0) is 12.3. The fraction of sp³-hybridized carbons (Fsp3) is 0.357. The number of hydrogen-bond acceptors (Lipinski definition) is 2. The van der Waals surface area contributed by atoms with Crippen molar-refractivity contribution in [1.29, 1.82) is 0 Å². The molecule has 0 aliphatic carbocycles. The van der Waals surface area contributed by atoms with E-state index in [2.05, 4.69) is 42.1 Å². The quantitative estimate of drug-likeness (QED) is 0.764. The number of nitrogens with zero attached hydrogens (tertiary/aromatic N) is 2. The van der Waals surface area contributed by atoms with Gasteiger partial charge in [0.1, 0.15) is 0 Å². The zero-order valence-electron chi connectivity index (χ0n) is 10.3. The van der Waals surface area contributed by atoms with E-state index in [-0.39, 0.29) is 0 Å². The summed E-state index contributed by atoms with van der Waals surface area (Å²) in [6.07, 6.45) is 8.15. The molecule has 0 fully saturated rings. The molecule has 0 atom stereocenters. The van der Waals surface area contributed by atoms with Crippen LogP contribution in [0.2, 0.25) is 0 Å². The van der Waals surface area contributed by atoms with Crippen LogP contribution < -0.4 is 0 Å². The third kappa shape index (κ3) is 3.34. The normalized spacial score (nSPS) is 15.6. The standard InChI is InChI=1S/C14H17ClN2/c1-11-3-14(7-16-6-11)10-17-8-12(2)4-13(5-15)9-17/h3-4,6-8H,5,9-10H2,1-2H3. The number of pyridine rings is 1. The third-order valence-corrected chi connectivity index (χ3v) is 3.06. The highest BCUT2D eigenvalue weighted by Gasteiger charge is 2.10. The SMILES string of the molecule is CC1=CN(Cc2cncc(C)c2)CC(CCl)=C1. The fourth-order valence-electron chi connectivity index (χ4n) is 2.12. The predicted octanol–water partition coefficient (Wildman–Crippen LogP) is 3.27. The first kappa shape index (κ1) is 12.2. The first-order chi connectivity index (χ1) is 8.17. The zero-order valence-corrected chi connectivity index (χ0v) is 11.0. The van der Waals surface area contributed by atoms with Crippen LogP contribution in [0.15, 0.2) is 41.9 Å². The van der Waals surface area contributed by atoms with Gasteiger partial charge in [-0.05, 0) is 36.1 Å². The average Bonchev–Trinajstić information content (AvgIpc) is 2.28. The van der Waals surface area contributed by atoms with E-state index >= 15 is 0 Å². The molecule has 0 saturated carbocycles. The maximum atomic E-state index is 5.90. The van der Waals surface area contributed by atoms with Crippen LogP contribution in [-0.2, 0) is 6.54 Å². The van der Waals surface area contributed by atoms with Crippen molar-refractivity contribution in [3.8, 4) is 0 Å². The number of halogens is 1. The first-order valence-corrected chi connectivity index (χ1v) is 6.29. The van der Waals surface area contributed by atoms with E-state index in [4.69, 9.17) is 11.6 Å². The third-order valence-electron chi connectivity index (χ3n) is 2.71. The second kappa shape index (κ2) is 5.37. The molecule has 2 rings (SSSR count). The Hall–Kier alpha value is -1.28. The molecule has 0 saturated heterocycles. The molecule has 1 aromatic heterocycles. The molecule has 2 heterocycles. The Bertz CT molecular complexity index is 463. The van der Waals surface area contributed by atoms with Gasteiger partial charge in [-0.2, -0.15) is 0 Å². The lowest BCUT2D eigenvalue weighted by Gasteiger charge is -2.25. The van der Waals surface area contributed by atoms with E-state index in [0.29, 0.717) is 5.88 Å². The second-order valence-electron chi connectivity index (χ2n) is 4.58. The van der Waals surface area contributed by atoms with Crippen molar-refractivity contribution in [2.75, 3.05) is 12.4 Å². The van der Waals surface area contributed by atoms with Gasteiger partial charge in [0.25, 0.3) is 0 Å². The Balaban J connectivity index is 2.08. The molecule has 1 aromatic rings. The van der Waals surface area contributed by atoms with Crippen LogP contribution in [0.3, 0.4) is 0 Å². The highest BCUT2D eigenvalue weighted by atomic mass is 35.5. The fourth-order valence-corrected chi connectivity index (χ4v) is 2.28. The Morgan fingerprint density at radius 1 is 1.35 bits per heavy atom. The summed E-state index contributed by atoms with van der Waals surface area (Å²) in [5.41, 5.74) is 4.97. The molecule has 1 aliphatic rings. The van der Waals surface area contributed by atoms with Gasteiger partial charge in [-0.3, -0.25) is 4.98 Å². The monoisotopic (exact) mass is 248 g/mol. The molecule has 0 amide bonds. The lowest BCUT2D eigenvalue weighted by molar-refractivity contribution is 0.392. The van der Waals surface area contributed by atoms with Crippen molar-refractivity contribution in [3.63, 3.8) is 0 Å². The Labute approximate surface area is 108 Å². The van der Waals surface area contributed by atoms with Crippen LogP contribution in [0.25, 0.3) is 0 Å². The molecule has 0 bridgehead atoms. The molecular formula is C14H17ClN2. The van der Waals surface area contributed by atoms with E-state index in [1.54, 1.807) is 0 Å². The number of rotatable bonds is 3. The number of allylic oxidation sites excluding steroid dienone is 2. The van der Waals surface area contributed by atoms with Gasteiger partial charge in [0.15, 0.2) is 0 Å². The van der Waals surface area contributed by atoms with E-state index < -0.39 is 0 Å². The molecule has 0 unspecified atom stereocenters. The van der Waals surface area contributed by atoms with E-state index in [1.807, 2.05) is 12.4 Å². The van der Waals surface area contributed by atoms with Crippen LogP contribution >= 0.6 is 11.6 Å². The summed E-state index contributed by atoms with van der Waals surface area (Å²) < 4.78 is 0. The summed E-state index contributed by atoms with van der Waals surface area (Å²) in [4.78, 5) is 6.50. The number of alkyl halides is 1. The molecule has 0 radical (unpaired) electrons. The largest absolute Gasteiger partial charge is 0.369 e. The van der Waals surface area contributed by atoms with Crippen molar-refractivity contribution < 1.29 is 0 Å². The van der Waals surface area contributed by atoms with Gasteiger partial charge in [-0.25, -0.2) is 0 Å². The molecule has 0 spiro atoms. The maximum Gasteiger partial charge on any atom is 0.0453 e. The predicted molar refractivity (Wildman–Crippen MR) is 71.9 cm³/mol. The Morgan fingerprint density at radius 2 is 2.18 bits per heavy atom. The molecule has 17 heavy (non-hydrogen) atoms. The molecule has 0 aromatic carbocycles. The minimum atomic E-state index is 0.605. The van der Waals surface area contributed by atoms with Crippen LogP contribution in [0.4, 0.5) is 0 Å². The average molecular weight is 249 g/mol. The summed E-state index contributed by atoms with van der Waals surface area (Å²) >= 11 is 5.90. The second-order valence-corrected chi connectivity index (χ2v) is 4.85. The lowest BCUT2D eigenvalue weighted by Crippen LogP contribution is -2.23. The van der Waals surface area contributed by atoms with Crippen molar-refractivity contribution in [2.45, 2.75) is 20.4 Å². The van der Waals surface area contributed by atoms with Crippen LogP contribution in [0.5, 0.6) is 0 Å². The van der Waals surface area contributed by atoms with Crippen molar-refractivity contribution >= 4 is 11.6 Å². The van der Waals surface area contributed by atoms with Gasteiger partial charge >= 0.3 is 0 Å². The Kier molecular flexibility index (Phi) is 3.85. The van der Waals surface area contributed by atoms with E-state index in [9.17, 15) is 0 Å². The molecule has 1 aliphatic heterocycles. The molecule has 2 nitrogen and oxygen atoms in total. The summed E-state index contributed by atoms with van der Waals surface area (Å²) in [6, 6.07) is 2.18. The van der Waals surface area contributed by atoms with E-state index in [1.165, 1.54) is 22.3 Å². The molecule has 3 heteroatoms. The van der Waals surface area contributed by atoms with Crippen molar-refractivity contribution in [3.05, 3.63) is 53.0 Å². The Morgan fingerprint density at radius 3 is 2.88 bits per heavy atom. The summed E-state index contributed by atoms with van der Waals surface area (Å²) in [5, 5.41) is 0. The van der Waals surface area contributed by atoms with Gasteiger partial charge in [0.05, 0.1) is 0 Å². The molecular weight excluding hydrogens is 232 g/mol. The van der Waals surface area contributed by atoms with E-state index in [0.717, 1.165) is 13.1 Å². The van der Waals surface area contributed by atoms with Gasteiger partial charge in [0.2, 0.25) is 0 Å². The molecule has 90 valence electrons. The van der Waals surface area contributed by atoms with Crippen LogP contribution in [0.1, 0.15) is 18.1 Å². The van der Waals surface area contributed by atoms with Gasteiger partial charge < -0.3 is 4.90 Å². The topological polar surface area (TPSA) is 16.1 Å². The summed E-state index contributed by atoms with van der Waals surface area (Å²) in [5.74, 6) is 0.605. The number of aromatic nitrogens is 1. The molecule has 0 N–H and O–H groups in total. The van der Waals surface area contributed by atoms with Crippen molar-refractivity contribution in [1.82, 2.24) is 9.88 Å². The minimum absolute atomic E-state index is 0.605. The number of hydrogen-bond donors (Lipinski definition) is 0. The van der Waals surface area contributed by atoms with Gasteiger partial charge in [0, 0.05) is 37.6 Å². The summed E-state index contributed by atoms with van der Waals surface area (Å²) in [7, 11) is 0. The lowest BCUT2D eigenvalue weighted by atomic mass is 10.1. The highest BCUT2D eigenvalue weighted by Crippen LogP contribution is 2.17. The highest BCUT2D eigenvalue weighted by molar-refractivity contribution is 6.19. The van der Waals surface area contributed by atoms with Crippen LogP contribution in [0, 0.1) is 6.92 Å². The first-order valence-electron chi connectivity index (χ1n) is 5.76. The smallest absolute Gasteiger partial charge is 0.0453 e. The van der Waals surface area contributed by atoms with Gasteiger partial charge in [-0.1, -0.05) is 12.1 Å². The maximum absolute atomic E-state index is 5.90.